The summed E-state index contributed by atoms with van der Waals surface area (Å²) in [6, 6.07) is 10.7. The van der Waals surface area contributed by atoms with Crippen LogP contribution >= 0.6 is 15.9 Å². The number of nitrogens with one attached hydrogen (secondary N) is 1. The Kier molecular flexibility index (Phi) is 9.65. The lowest BCUT2D eigenvalue weighted by Gasteiger charge is -2.29. The maximum Gasteiger partial charge on any atom is 0.311 e. The summed E-state index contributed by atoms with van der Waals surface area (Å²) in [7, 11) is 1.31. The molecule has 0 aliphatic rings. The van der Waals surface area contributed by atoms with Crippen molar-refractivity contribution in [2.75, 3.05) is 13.7 Å². The average molecular weight is 522 g/mol. The number of nitro groups is 1. The van der Waals surface area contributed by atoms with Gasteiger partial charge < -0.3 is 19.7 Å². The first kappa shape index (κ1) is 26.1. The summed E-state index contributed by atoms with van der Waals surface area (Å²) in [4.78, 5) is 37.8. The van der Waals surface area contributed by atoms with E-state index in [0.29, 0.717) is 0 Å². The first-order valence-corrected chi connectivity index (χ1v) is 11.2. The van der Waals surface area contributed by atoms with Crippen molar-refractivity contribution >= 4 is 33.4 Å². The maximum absolute atomic E-state index is 13.1. The third kappa shape index (κ3) is 7.45. The fourth-order valence-electron chi connectivity index (χ4n) is 3.01. The minimum absolute atomic E-state index is 0.0217. The zero-order valence-corrected chi connectivity index (χ0v) is 20.6. The van der Waals surface area contributed by atoms with Gasteiger partial charge >= 0.3 is 5.69 Å². The predicted molar refractivity (Wildman–Crippen MR) is 127 cm³/mol. The second-order valence-corrected chi connectivity index (χ2v) is 8.44. The van der Waals surface area contributed by atoms with Crippen molar-refractivity contribution in [1.82, 2.24) is 10.2 Å². The molecule has 2 aromatic rings. The molecule has 0 aliphatic carbocycles. The third-order valence-electron chi connectivity index (χ3n) is 5.12. The van der Waals surface area contributed by atoms with Gasteiger partial charge in [-0.15, -0.1) is 0 Å². The Morgan fingerprint density at radius 3 is 2.55 bits per heavy atom. The van der Waals surface area contributed by atoms with Crippen molar-refractivity contribution in [2.24, 2.45) is 0 Å². The summed E-state index contributed by atoms with van der Waals surface area (Å²) >= 11 is 3.42. The van der Waals surface area contributed by atoms with Crippen LogP contribution in [-0.4, -0.2) is 47.4 Å². The second-order valence-electron chi connectivity index (χ2n) is 7.52. The van der Waals surface area contributed by atoms with Gasteiger partial charge in [-0.3, -0.25) is 19.7 Å². The third-order valence-corrected chi connectivity index (χ3v) is 5.61. The molecule has 10 heteroatoms. The number of benzene rings is 2. The van der Waals surface area contributed by atoms with Gasteiger partial charge in [0.2, 0.25) is 11.7 Å². The number of carbonyl (C=O) groups excluding carboxylic acids is 2. The maximum atomic E-state index is 13.1. The number of halogens is 1. The zero-order chi connectivity index (χ0) is 24.5. The van der Waals surface area contributed by atoms with Crippen LogP contribution in [-0.2, 0) is 16.1 Å². The molecule has 0 aliphatic heterocycles. The summed E-state index contributed by atoms with van der Waals surface area (Å²) in [5, 5.41) is 14.0. The number of nitro benzene ring substituents is 1. The average Bonchev–Trinajstić information content (AvgIpc) is 2.80. The largest absolute Gasteiger partial charge is 0.490 e. The monoisotopic (exact) mass is 521 g/mol. The molecule has 2 aromatic carbocycles. The van der Waals surface area contributed by atoms with Crippen LogP contribution in [0.15, 0.2) is 46.9 Å². The first-order valence-electron chi connectivity index (χ1n) is 10.5. The normalized spacial score (nSPS) is 12.4. The summed E-state index contributed by atoms with van der Waals surface area (Å²) in [6.45, 7) is 5.39. The van der Waals surface area contributed by atoms with Gasteiger partial charge in [-0.1, -0.05) is 35.0 Å². The Labute approximate surface area is 201 Å². The van der Waals surface area contributed by atoms with Crippen molar-refractivity contribution in [3.63, 3.8) is 0 Å². The molecule has 0 aromatic heterocycles. The van der Waals surface area contributed by atoms with Crippen LogP contribution in [0.5, 0.6) is 11.5 Å². The van der Waals surface area contributed by atoms with E-state index in [1.54, 1.807) is 6.92 Å². The van der Waals surface area contributed by atoms with Gasteiger partial charge in [0.1, 0.15) is 11.8 Å². The van der Waals surface area contributed by atoms with Crippen LogP contribution in [0.25, 0.3) is 0 Å². The highest BCUT2D eigenvalue weighted by Crippen LogP contribution is 2.30. The number of carbonyl (C=O) groups is 2. The Hall–Kier alpha value is -3.14. The lowest BCUT2D eigenvalue weighted by Crippen LogP contribution is -2.50. The van der Waals surface area contributed by atoms with Crippen molar-refractivity contribution in [1.29, 1.82) is 0 Å². The topological polar surface area (TPSA) is 111 Å². The highest BCUT2D eigenvalue weighted by molar-refractivity contribution is 9.10. The Bertz CT molecular complexity index is 1000. The van der Waals surface area contributed by atoms with Crippen LogP contribution in [0.1, 0.15) is 32.8 Å². The van der Waals surface area contributed by atoms with Crippen molar-refractivity contribution in [3.8, 4) is 11.5 Å². The molecule has 9 nitrogen and oxygen atoms in total. The fraction of sp³-hybridized carbons (Fsp3) is 0.391. The number of hydrogen-bond donors (Lipinski definition) is 1. The van der Waals surface area contributed by atoms with Crippen molar-refractivity contribution < 1.29 is 24.0 Å². The molecule has 0 heterocycles. The molecular formula is C23H28BrN3O6. The van der Waals surface area contributed by atoms with Crippen LogP contribution in [0.2, 0.25) is 0 Å². The molecule has 0 saturated carbocycles. The second kappa shape index (κ2) is 12.2. The molecule has 33 heavy (non-hydrogen) atoms. The minimum Gasteiger partial charge on any atom is -0.490 e. The number of rotatable bonds is 11. The van der Waals surface area contributed by atoms with Gasteiger partial charge in [-0.25, -0.2) is 0 Å². The van der Waals surface area contributed by atoms with Gasteiger partial charge in [0.25, 0.3) is 5.91 Å². The highest BCUT2D eigenvalue weighted by Gasteiger charge is 2.27. The van der Waals surface area contributed by atoms with Crippen LogP contribution in [0.4, 0.5) is 5.69 Å². The number of ether oxygens (including phenoxy) is 2. The standard InChI is InChI=1S/C23H28BrN3O6/c1-5-15(2)25-23(29)16(3)26(13-17-7-6-8-18(24)11-17)22(28)14-33-19-9-10-20(27(30)31)21(12-19)32-4/h6-12,15-16H,5,13-14H2,1-4H3,(H,25,29). The number of nitrogens with zero attached hydrogens (tertiary/aromatic N) is 2. The number of amides is 2. The number of hydrogen-bond acceptors (Lipinski definition) is 6. The summed E-state index contributed by atoms with van der Waals surface area (Å²) in [5.74, 6) is -0.397. The molecule has 0 radical (unpaired) electrons. The van der Waals surface area contributed by atoms with E-state index in [4.69, 9.17) is 9.47 Å². The summed E-state index contributed by atoms with van der Waals surface area (Å²) < 4.78 is 11.5. The smallest absolute Gasteiger partial charge is 0.311 e. The quantitative estimate of drug-likeness (QED) is 0.352. The molecule has 0 fully saturated rings. The van der Waals surface area contributed by atoms with Crippen molar-refractivity contribution in [3.05, 3.63) is 62.6 Å². The Morgan fingerprint density at radius 1 is 1.21 bits per heavy atom. The molecule has 1 N–H and O–H groups in total. The predicted octanol–water partition coefficient (Wildman–Crippen LogP) is 4.08. The van der Waals surface area contributed by atoms with Crippen LogP contribution in [0.3, 0.4) is 0 Å². The summed E-state index contributed by atoms with van der Waals surface area (Å²) in [6.07, 6.45) is 0.767. The molecule has 0 saturated heterocycles. The molecular weight excluding hydrogens is 494 g/mol. The molecule has 0 spiro atoms. The Morgan fingerprint density at radius 2 is 1.94 bits per heavy atom. The van der Waals surface area contributed by atoms with Gasteiger partial charge in [0, 0.05) is 29.2 Å². The lowest BCUT2D eigenvalue weighted by atomic mass is 10.1. The van der Waals surface area contributed by atoms with E-state index in [0.717, 1.165) is 16.5 Å². The number of methoxy groups -OCH3 is 1. The SMILES string of the molecule is CCC(C)NC(=O)C(C)N(Cc1cccc(Br)c1)C(=O)COc1ccc([N+](=O)[O-])c(OC)c1. The minimum atomic E-state index is -0.736. The van der Waals surface area contributed by atoms with Crippen molar-refractivity contribution in [2.45, 2.75) is 45.8 Å². The first-order chi connectivity index (χ1) is 15.7. The van der Waals surface area contributed by atoms with E-state index in [1.807, 2.05) is 38.1 Å². The summed E-state index contributed by atoms with van der Waals surface area (Å²) in [5.41, 5.74) is 0.640. The highest BCUT2D eigenvalue weighted by atomic mass is 79.9. The van der Waals surface area contributed by atoms with Gasteiger partial charge in [0.05, 0.1) is 12.0 Å². The van der Waals surface area contributed by atoms with E-state index >= 15 is 0 Å². The van der Waals surface area contributed by atoms with E-state index in [9.17, 15) is 19.7 Å². The van der Waals surface area contributed by atoms with Gasteiger partial charge in [-0.2, -0.15) is 0 Å². The van der Waals surface area contributed by atoms with Crippen LogP contribution < -0.4 is 14.8 Å². The van der Waals surface area contributed by atoms with E-state index in [2.05, 4.69) is 21.2 Å². The van der Waals surface area contributed by atoms with Gasteiger partial charge in [0.15, 0.2) is 6.61 Å². The van der Waals surface area contributed by atoms with E-state index in [-0.39, 0.29) is 42.3 Å². The lowest BCUT2D eigenvalue weighted by molar-refractivity contribution is -0.385. The van der Waals surface area contributed by atoms with Gasteiger partial charge in [-0.05, 0) is 44.0 Å². The van der Waals surface area contributed by atoms with E-state index in [1.165, 1.54) is 30.2 Å². The van der Waals surface area contributed by atoms with E-state index < -0.39 is 16.9 Å². The molecule has 2 atom stereocenters. The van der Waals surface area contributed by atoms with Crippen LogP contribution in [0, 0.1) is 10.1 Å². The molecule has 2 unspecified atom stereocenters. The Balaban J connectivity index is 2.20. The molecule has 178 valence electrons. The molecule has 0 bridgehead atoms. The molecule has 2 amide bonds. The zero-order valence-electron chi connectivity index (χ0n) is 19.0. The fourth-order valence-corrected chi connectivity index (χ4v) is 3.45. The molecule has 2 rings (SSSR count).